The Kier molecular flexibility index (Phi) is 4.37. The van der Waals surface area contributed by atoms with Crippen LogP contribution in [0.4, 0.5) is 5.69 Å². The second-order valence-corrected chi connectivity index (χ2v) is 5.04. The number of nitrogens with zero attached hydrogens (tertiary/aromatic N) is 2. The number of amidine groups is 1. The first-order valence-corrected chi connectivity index (χ1v) is 7.07. The maximum Gasteiger partial charge on any atom is 0.176 e. The van der Waals surface area contributed by atoms with Crippen molar-refractivity contribution in [3.05, 3.63) is 64.7 Å². The van der Waals surface area contributed by atoms with Gasteiger partial charge in [0.05, 0.1) is 12.8 Å². The lowest BCUT2D eigenvalue weighted by Crippen LogP contribution is -2.27. The molecule has 0 aliphatic carbocycles. The number of rotatable bonds is 2. The van der Waals surface area contributed by atoms with Crippen LogP contribution in [0.2, 0.25) is 5.02 Å². The normalized spacial score (nSPS) is 16.3. The molecule has 1 heterocycles. The van der Waals surface area contributed by atoms with Gasteiger partial charge in [0.2, 0.25) is 0 Å². The van der Waals surface area contributed by atoms with Gasteiger partial charge in [0.15, 0.2) is 12.4 Å². The van der Waals surface area contributed by atoms with Crippen molar-refractivity contribution in [1.29, 1.82) is 0 Å². The zero-order chi connectivity index (χ0) is 15.4. The molecule has 0 spiro atoms. The standard InChI is InChI=1S/C16H14ClN3O2/c1-21-19-15-10-22-20-16(11-5-3-2-4-6-11)13-9-12(17)7-8-14(13)18-15/h2-9H,10H2,1H3,(H,18,19)/b20-16-. The van der Waals surface area contributed by atoms with Crippen molar-refractivity contribution in [1.82, 2.24) is 5.48 Å². The lowest BCUT2D eigenvalue weighted by molar-refractivity contribution is 0.125. The largest absolute Gasteiger partial charge is 0.387 e. The van der Waals surface area contributed by atoms with Crippen LogP contribution in [-0.2, 0) is 9.68 Å². The fourth-order valence-electron chi connectivity index (χ4n) is 2.15. The average molecular weight is 316 g/mol. The van der Waals surface area contributed by atoms with E-state index in [1.165, 1.54) is 7.11 Å². The minimum atomic E-state index is 0.187. The van der Waals surface area contributed by atoms with Gasteiger partial charge >= 0.3 is 0 Å². The fourth-order valence-corrected chi connectivity index (χ4v) is 2.33. The molecule has 0 unspecified atom stereocenters. The summed E-state index contributed by atoms with van der Waals surface area (Å²) < 4.78 is 0. The molecule has 0 saturated heterocycles. The quantitative estimate of drug-likeness (QED) is 0.865. The molecule has 0 atom stereocenters. The highest BCUT2D eigenvalue weighted by atomic mass is 35.5. The monoisotopic (exact) mass is 315 g/mol. The molecule has 0 bridgehead atoms. The molecular weight excluding hydrogens is 302 g/mol. The number of hydroxylamine groups is 1. The molecule has 1 N–H and O–H groups in total. The van der Waals surface area contributed by atoms with Gasteiger partial charge in [-0.15, -0.1) is 0 Å². The van der Waals surface area contributed by atoms with E-state index in [4.69, 9.17) is 21.3 Å². The Morgan fingerprint density at radius 1 is 1.18 bits per heavy atom. The van der Waals surface area contributed by atoms with Gasteiger partial charge in [-0.2, -0.15) is 0 Å². The molecule has 0 aromatic heterocycles. The second kappa shape index (κ2) is 6.60. The van der Waals surface area contributed by atoms with E-state index in [9.17, 15) is 0 Å². The van der Waals surface area contributed by atoms with Crippen molar-refractivity contribution in [2.24, 2.45) is 10.1 Å². The minimum Gasteiger partial charge on any atom is -0.387 e. The van der Waals surface area contributed by atoms with Gasteiger partial charge in [0, 0.05) is 16.1 Å². The summed E-state index contributed by atoms with van der Waals surface area (Å²) in [6.45, 7) is 0.187. The van der Waals surface area contributed by atoms with E-state index in [0.717, 1.165) is 16.8 Å². The van der Waals surface area contributed by atoms with Gasteiger partial charge in [-0.05, 0) is 18.2 Å². The molecule has 0 fully saturated rings. The maximum absolute atomic E-state index is 6.14. The van der Waals surface area contributed by atoms with Crippen LogP contribution in [0.25, 0.3) is 0 Å². The van der Waals surface area contributed by atoms with Gasteiger partial charge in [-0.3, -0.25) is 10.3 Å². The van der Waals surface area contributed by atoms with E-state index in [0.29, 0.717) is 16.6 Å². The van der Waals surface area contributed by atoms with Crippen molar-refractivity contribution >= 4 is 28.8 Å². The third kappa shape index (κ3) is 3.10. The summed E-state index contributed by atoms with van der Waals surface area (Å²) in [5, 5.41) is 4.86. The molecule has 2 aromatic carbocycles. The van der Waals surface area contributed by atoms with E-state index < -0.39 is 0 Å². The first kappa shape index (κ1) is 14.6. The number of halogens is 1. The van der Waals surface area contributed by atoms with Crippen molar-refractivity contribution < 1.29 is 9.68 Å². The van der Waals surface area contributed by atoms with Gasteiger partial charge in [0.25, 0.3) is 0 Å². The van der Waals surface area contributed by atoms with Crippen molar-refractivity contribution in [2.45, 2.75) is 0 Å². The number of oxime groups is 1. The Hall–Kier alpha value is -2.37. The third-order valence-electron chi connectivity index (χ3n) is 3.09. The second-order valence-electron chi connectivity index (χ2n) is 4.61. The Morgan fingerprint density at radius 3 is 2.77 bits per heavy atom. The summed E-state index contributed by atoms with van der Waals surface area (Å²) in [6, 6.07) is 15.2. The highest BCUT2D eigenvalue weighted by Crippen LogP contribution is 2.27. The molecule has 22 heavy (non-hydrogen) atoms. The molecule has 112 valence electrons. The molecule has 0 radical (unpaired) electrons. The molecule has 3 rings (SSSR count). The van der Waals surface area contributed by atoms with Crippen LogP contribution < -0.4 is 5.48 Å². The molecule has 2 aromatic rings. The van der Waals surface area contributed by atoms with Crippen LogP contribution in [0.3, 0.4) is 0 Å². The van der Waals surface area contributed by atoms with E-state index in [1.807, 2.05) is 42.5 Å². The van der Waals surface area contributed by atoms with E-state index in [2.05, 4.69) is 15.6 Å². The van der Waals surface area contributed by atoms with Crippen LogP contribution in [0.1, 0.15) is 11.1 Å². The summed E-state index contributed by atoms with van der Waals surface area (Å²) in [4.78, 5) is 14.8. The third-order valence-corrected chi connectivity index (χ3v) is 3.33. The highest BCUT2D eigenvalue weighted by molar-refractivity contribution is 6.31. The number of hydrogen-bond acceptors (Lipinski definition) is 5. The molecule has 0 amide bonds. The number of aliphatic imine (C=N–C) groups is 1. The van der Waals surface area contributed by atoms with Crippen LogP contribution in [0, 0.1) is 0 Å². The van der Waals surface area contributed by atoms with Gasteiger partial charge < -0.3 is 4.84 Å². The summed E-state index contributed by atoms with van der Waals surface area (Å²) >= 11 is 6.14. The Bertz CT molecular complexity index is 729. The number of nitrogens with one attached hydrogen (secondary N) is 1. The lowest BCUT2D eigenvalue weighted by atomic mass is 10.0. The van der Waals surface area contributed by atoms with Gasteiger partial charge in [0.1, 0.15) is 5.71 Å². The average Bonchev–Trinajstić information content (AvgIpc) is 2.52. The molecule has 5 nitrogen and oxygen atoms in total. The maximum atomic E-state index is 6.14. The van der Waals surface area contributed by atoms with Gasteiger partial charge in [-0.1, -0.05) is 47.1 Å². The topological polar surface area (TPSA) is 55.2 Å². The van der Waals surface area contributed by atoms with Crippen molar-refractivity contribution in [3.63, 3.8) is 0 Å². The predicted molar refractivity (Wildman–Crippen MR) is 86.7 cm³/mol. The number of benzene rings is 2. The predicted octanol–water partition coefficient (Wildman–Crippen LogP) is 3.30. The Balaban J connectivity index is 2.13. The SMILES string of the molecule is CONC1=Nc2ccc(Cl)cc2/C(c2ccccc2)=N\OC1. The highest BCUT2D eigenvalue weighted by Gasteiger charge is 2.16. The zero-order valence-electron chi connectivity index (χ0n) is 11.9. The molecule has 1 aliphatic rings. The minimum absolute atomic E-state index is 0.187. The molecule has 6 heteroatoms. The van der Waals surface area contributed by atoms with Crippen LogP contribution in [0.5, 0.6) is 0 Å². The lowest BCUT2D eigenvalue weighted by Gasteiger charge is -2.15. The van der Waals surface area contributed by atoms with Gasteiger partial charge in [-0.25, -0.2) is 4.99 Å². The summed E-state index contributed by atoms with van der Waals surface area (Å²) in [5.41, 5.74) is 5.86. The van der Waals surface area contributed by atoms with E-state index in [-0.39, 0.29) is 6.61 Å². The molecular formula is C16H14ClN3O2. The van der Waals surface area contributed by atoms with Crippen molar-refractivity contribution in [3.8, 4) is 0 Å². The molecule has 0 saturated carbocycles. The molecule has 1 aliphatic heterocycles. The zero-order valence-corrected chi connectivity index (χ0v) is 12.7. The fraction of sp³-hybridized carbons (Fsp3) is 0.125. The first-order valence-electron chi connectivity index (χ1n) is 6.70. The van der Waals surface area contributed by atoms with Crippen LogP contribution >= 0.6 is 11.6 Å². The van der Waals surface area contributed by atoms with E-state index in [1.54, 1.807) is 6.07 Å². The van der Waals surface area contributed by atoms with Crippen LogP contribution in [0.15, 0.2) is 58.7 Å². The van der Waals surface area contributed by atoms with Crippen LogP contribution in [-0.4, -0.2) is 25.3 Å². The Morgan fingerprint density at radius 2 is 2.00 bits per heavy atom. The van der Waals surface area contributed by atoms with E-state index >= 15 is 0 Å². The summed E-state index contributed by atoms with van der Waals surface area (Å²) in [5.74, 6) is 0.530. The summed E-state index contributed by atoms with van der Waals surface area (Å²) in [6.07, 6.45) is 0. The number of hydrogen-bond donors (Lipinski definition) is 1. The number of fused-ring (bicyclic) bond motifs is 1. The van der Waals surface area contributed by atoms with Crippen molar-refractivity contribution in [2.75, 3.05) is 13.7 Å². The first-order chi connectivity index (χ1) is 10.8. The summed E-state index contributed by atoms with van der Waals surface area (Å²) in [7, 11) is 1.52. The Labute approximate surface area is 133 Å². The smallest absolute Gasteiger partial charge is 0.176 e.